The van der Waals surface area contributed by atoms with Gasteiger partial charge in [-0.1, -0.05) is 35.9 Å². The van der Waals surface area contributed by atoms with E-state index in [9.17, 15) is 4.79 Å². The van der Waals surface area contributed by atoms with Crippen molar-refractivity contribution in [2.24, 2.45) is 0 Å². The van der Waals surface area contributed by atoms with Crippen LogP contribution in [0.15, 0.2) is 52.0 Å². The highest BCUT2D eigenvalue weighted by Gasteiger charge is 2.16. The average molecular weight is 403 g/mol. The monoisotopic (exact) mass is 402 g/mol. The first-order chi connectivity index (χ1) is 12.6. The third kappa shape index (κ3) is 3.33. The fourth-order valence-electron chi connectivity index (χ4n) is 2.92. The van der Waals surface area contributed by atoms with Crippen LogP contribution in [-0.2, 0) is 6.54 Å². The zero-order valence-electron chi connectivity index (χ0n) is 14.0. The van der Waals surface area contributed by atoms with E-state index >= 15 is 0 Å². The maximum atomic E-state index is 12.7. The van der Waals surface area contributed by atoms with Crippen molar-refractivity contribution >= 4 is 44.5 Å². The van der Waals surface area contributed by atoms with E-state index in [4.69, 9.17) is 11.6 Å². The van der Waals surface area contributed by atoms with Crippen LogP contribution in [0.2, 0.25) is 5.02 Å². The van der Waals surface area contributed by atoms with E-state index in [1.165, 1.54) is 16.2 Å². The Morgan fingerprint density at radius 2 is 2.04 bits per heavy atom. The Bertz CT molecular complexity index is 1100. The Hall–Kier alpha value is -1.99. The van der Waals surface area contributed by atoms with E-state index in [1.54, 1.807) is 11.3 Å². The van der Waals surface area contributed by atoms with Crippen molar-refractivity contribution in [3.05, 3.63) is 73.2 Å². The van der Waals surface area contributed by atoms with Crippen LogP contribution in [-0.4, -0.2) is 9.97 Å². The summed E-state index contributed by atoms with van der Waals surface area (Å²) in [6.07, 6.45) is 0. The molecular formula is C19H17ClN3OS2+. The van der Waals surface area contributed by atoms with Gasteiger partial charge < -0.3 is 10.3 Å². The van der Waals surface area contributed by atoms with Gasteiger partial charge in [0.1, 0.15) is 17.4 Å². The number of hydrogen-bond acceptors (Lipinski definition) is 4. The lowest BCUT2D eigenvalue weighted by Crippen LogP contribution is -2.83. The molecule has 0 aliphatic carbocycles. The van der Waals surface area contributed by atoms with Crippen molar-refractivity contribution in [1.82, 2.24) is 9.97 Å². The van der Waals surface area contributed by atoms with Crippen LogP contribution >= 0.6 is 34.3 Å². The standard InChI is InChI=1S/C19H16ClN3OS2/c1-11(15-7-4-8-25-15)21-9-16-22-18(24)17-13(10-26-19(17)23-16)12-5-2-3-6-14(12)20/h2-8,10-11,21H,9H2,1H3,(H,22,23,24)/p+1/t11-/m1/s1. The minimum atomic E-state index is -0.113. The fraction of sp³-hybridized carbons (Fsp3) is 0.158. The predicted molar refractivity (Wildman–Crippen MR) is 109 cm³/mol. The van der Waals surface area contributed by atoms with E-state index in [0.29, 0.717) is 28.8 Å². The number of thiophene rings is 2. The van der Waals surface area contributed by atoms with E-state index in [1.807, 2.05) is 29.6 Å². The lowest BCUT2D eigenvalue weighted by molar-refractivity contribution is -0.708. The summed E-state index contributed by atoms with van der Waals surface area (Å²) in [5.74, 6) is 0.693. The molecule has 4 nitrogen and oxygen atoms in total. The van der Waals surface area contributed by atoms with Crippen LogP contribution in [0.4, 0.5) is 0 Å². The first kappa shape index (κ1) is 17.4. The van der Waals surface area contributed by atoms with E-state index in [0.717, 1.165) is 16.0 Å². The summed E-state index contributed by atoms with van der Waals surface area (Å²) in [6, 6.07) is 12.1. The summed E-state index contributed by atoms with van der Waals surface area (Å²) < 4.78 is 0. The number of benzene rings is 1. The van der Waals surface area contributed by atoms with Gasteiger partial charge in [-0.05, 0) is 24.4 Å². The molecule has 0 bridgehead atoms. The third-order valence-electron chi connectivity index (χ3n) is 4.31. The second-order valence-corrected chi connectivity index (χ2v) is 8.31. The Balaban J connectivity index is 1.64. The molecule has 1 aromatic carbocycles. The lowest BCUT2D eigenvalue weighted by atomic mass is 10.1. The van der Waals surface area contributed by atoms with Crippen molar-refractivity contribution in [3.63, 3.8) is 0 Å². The number of halogens is 1. The number of fused-ring (bicyclic) bond motifs is 1. The number of aromatic amines is 1. The molecule has 0 spiro atoms. The molecule has 132 valence electrons. The zero-order valence-corrected chi connectivity index (χ0v) is 16.4. The number of H-pyrrole nitrogens is 1. The van der Waals surface area contributed by atoms with Crippen LogP contribution in [0.3, 0.4) is 0 Å². The van der Waals surface area contributed by atoms with Gasteiger partial charge in [0.25, 0.3) is 5.56 Å². The Kier molecular flexibility index (Phi) is 4.91. The Morgan fingerprint density at radius 3 is 2.81 bits per heavy atom. The molecule has 0 saturated carbocycles. The molecule has 0 aliphatic heterocycles. The summed E-state index contributed by atoms with van der Waals surface area (Å²) in [6.45, 7) is 2.78. The summed E-state index contributed by atoms with van der Waals surface area (Å²) in [7, 11) is 0. The fourth-order valence-corrected chi connectivity index (χ4v) is 4.90. The average Bonchev–Trinajstić information content (AvgIpc) is 3.30. The van der Waals surface area contributed by atoms with E-state index in [-0.39, 0.29) is 5.56 Å². The highest BCUT2D eigenvalue weighted by molar-refractivity contribution is 7.17. The molecule has 7 heteroatoms. The van der Waals surface area contributed by atoms with Crippen LogP contribution in [0, 0.1) is 0 Å². The smallest absolute Gasteiger partial charge is 0.260 e. The normalized spacial score (nSPS) is 12.5. The third-order valence-corrected chi connectivity index (χ3v) is 6.59. The van der Waals surface area contributed by atoms with Gasteiger partial charge in [0.15, 0.2) is 5.82 Å². The Labute approximate surface area is 163 Å². The molecule has 0 unspecified atom stereocenters. The number of aromatic nitrogens is 2. The lowest BCUT2D eigenvalue weighted by Gasteiger charge is -2.08. The van der Waals surface area contributed by atoms with Crippen LogP contribution in [0.1, 0.15) is 23.7 Å². The first-order valence-corrected chi connectivity index (χ1v) is 10.4. The second-order valence-electron chi connectivity index (χ2n) is 6.07. The van der Waals surface area contributed by atoms with E-state index in [2.05, 4.69) is 39.7 Å². The number of nitrogens with zero attached hydrogens (tertiary/aromatic N) is 1. The minimum Gasteiger partial charge on any atom is -0.333 e. The van der Waals surface area contributed by atoms with Crippen LogP contribution < -0.4 is 10.9 Å². The Morgan fingerprint density at radius 1 is 1.19 bits per heavy atom. The van der Waals surface area contributed by atoms with Crippen LogP contribution in [0.5, 0.6) is 0 Å². The van der Waals surface area contributed by atoms with Crippen molar-refractivity contribution in [1.29, 1.82) is 0 Å². The van der Waals surface area contributed by atoms with Gasteiger partial charge >= 0.3 is 0 Å². The maximum absolute atomic E-state index is 12.7. The van der Waals surface area contributed by atoms with Gasteiger partial charge in [-0.25, -0.2) is 4.98 Å². The highest BCUT2D eigenvalue weighted by Crippen LogP contribution is 2.34. The van der Waals surface area contributed by atoms with Crippen molar-refractivity contribution in [2.45, 2.75) is 19.5 Å². The van der Waals surface area contributed by atoms with Gasteiger partial charge in [0.05, 0.1) is 10.3 Å². The summed E-state index contributed by atoms with van der Waals surface area (Å²) in [5.41, 5.74) is 1.59. The topological polar surface area (TPSA) is 62.4 Å². The van der Waals surface area contributed by atoms with Crippen molar-refractivity contribution < 1.29 is 5.32 Å². The highest BCUT2D eigenvalue weighted by atomic mass is 35.5. The van der Waals surface area contributed by atoms with Gasteiger partial charge in [0.2, 0.25) is 0 Å². The molecule has 4 rings (SSSR count). The van der Waals surface area contributed by atoms with Gasteiger partial charge in [-0.2, -0.15) is 0 Å². The number of rotatable bonds is 5. The summed E-state index contributed by atoms with van der Waals surface area (Å²) >= 11 is 9.52. The SMILES string of the molecule is C[C@@H]([NH2+]Cc1nc2scc(-c3ccccc3Cl)c2c(=O)[nH]1)c1cccs1. The molecule has 3 N–H and O–H groups in total. The van der Waals surface area contributed by atoms with Gasteiger partial charge in [-0.3, -0.25) is 4.79 Å². The van der Waals surface area contributed by atoms with E-state index < -0.39 is 0 Å². The second kappa shape index (κ2) is 7.32. The maximum Gasteiger partial charge on any atom is 0.260 e. The number of quaternary nitrogens is 1. The van der Waals surface area contributed by atoms with Gasteiger partial charge in [-0.15, -0.1) is 22.7 Å². The molecule has 0 fully saturated rings. The molecular weight excluding hydrogens is 386 g/mol. The molecule has 3 heterocycles. The quantitative estimate of drug-likeness (QED) is 0.525. The number of hydrogen-bond donors (Lipinski definition) is 2. The molecule has 0 radical (unpaired) electrons. The largest absolute Gasteiger partial charge is 0.333 e. The molecule has 26 heavy (non-hydrogen) atoms. The van der Waals surface area contributed by atoms with Gasteiger partial charge in [0, 0.05) is 21.5 Å². The number of nitrogens with one attached hydrogen (secondary N) is 1. The molecule has 1 atom stereocenters. The van der Waals surface area contributed by atoms with Crippen LogP contribution in [0.25, 0.3) is 21.3 Å². The van der Waals surface area contributed by atoms with Crippen molar-refractivity contribution in [3.8, 4) is 11.1 Å². The molecule has 4 aromatic rings. The van der Waals surface area contributed by atoms with Crippen molar-refractivity contribution in [2.75, 3.05) is 0 Å². The zero-order chi connectivity index (χ0) is 18.1. The molecule has 3 aromatic heterocycles. The number of nitrogens with two attached hydrogens (primary N) is 1. The summed E-state index contributed by atoms with van der Waals surface area (Å²) in [5, 5.41) is 7.45. The molecule has 0 amide bonds. The summed E-state index contributed by atoms with van der Waals surface area (Å²) in [4.78, 5) is 22.3. The molecule has 0 saturated heterocycles. The minimum absolute atomic E-state index is 0.113. The first-order valence-electron chi connectivity index (χ1n) is 8.25. The predicted octanol–water partition coefficient (Wildman–Crippen LogP) is 4.19. The molecule has 0 aliphatic rings.